The highest BCUT2D eigenvalue weighted by atomic mass is 32.1. The Morgan fingerprint density at radius 1 is 1.35 bits per heavy atom. The van der Waals surface area contributed by atoms with Gasteiger partial charge in [0.1, 0.15) is 22.7 Å². The Hall–Kier alpha value is -2.94. The molecule has 0 saturated carbocycles. The molecule has 3 heterocycles. The van der Waals surface area contributed by atoms with Crippen LogP contribution in [0.25, 0.3) is 10.7 Å². The number of aryl methyl sites for hydroxylation is 1. The van der Waals surface area contributed by atoms with Gasteiger partial charge in [0.2, 0.25) is 5.95 Å². The maximum Gasteiger partial charge on any atom is 0.270 e. The highest BCUT2D eigenvalue weighted by Crippen LogP contribution is 2.22. The number of nitrogens with two attached hydrogens (primary N) is 1. The van der Waals surface area contributed by atoms with Crippen molar-refractivity contribution in [1.82, 2.24) is 30.2 Å². The Kier molecular flexibility index (Phi) is 4.20. The average Bonchev–Trinajstić information content (AvgIpc) is 2.99. The summed E-state index contributed by atoms with van der Waals surface area (Å²) in [5, 5.41) is 5.34. The Balaban J connectivity index is 1.79. The fourth-order valence-corrected chi connectivity index (χ4v) is 2.60. The van der Waals surface area contributed by atoms with Crippen LogP contribution in [0.4, 0.5) is 5.95 Å². The van der Waals surface area contributed by atoms with Crippen LogP contribution in [0.15, 0.2) is 30.0 Å². The maximum absolute atomic E-state index is 12.2. The summed E-state index contributed by atoms with van der Waals surface area (Å²) in [4.78, 5) is 32.6. The normalized spacial score (nSPS) is 10.5. The molecule has 0 fully saturated rings. The van der Waals surface area contributed by atoms with E-state index in [-0.39, 0.29) is 24.1 Å². The number of aromatic nitrogens is 5. The van der Waals surface area contributed by atoms with Gasteiger partial charge in [0, 0.05) is 17.3 Å². The second kappa shape index (κ2) is 6.44. The Morgan fingerprint density at radius 3 is 2.91 bits per heavy atom. The van der Waals surface area contributed by atoms with E-state index >= 15 is 0 Å². The van der Waals surface area contributed by atoms with E-state index < -0.39 is 0 Å². The average molecular weight is 327 g/mol. The van der Waals surface area contributed by atoms with Crippen molar-refractivity contribution >= 4 is 23.2 Å². The number of nitrogens with one attached hydrogen (secondary N) is 1. The second-order valence-corrected chi connectivity index (χ2v) is 5.53. The SMILES string of the molecule is Cc1csc(-c2cc(C(=O)NCc3ccncn3)nc(N)n2)n1. The minimum atomic E-state index is -0.354. The van der Waals surface area contributed by atoms with Gasteiger partial charge in [0.05, 0.1) is 12.2 Å². The third-order valence-corrected chi connectivity index (χ3v) is 3.87. The van der Waals surface area contributed by atoms with Crippen LogP contribution in [0.3, 0.4) is 0 Å². The molecule has 1 amide bonds. The molecule has 3 aromatic heterocycles. The smallest absolute Gasteiger partial charge is 0.270 e. The molecule has 0 atom stereocenters. The lowest BCUT2D eigenvalue weighted by molar-refractivity contribution is 0.0945. The van der Waals surface area contributed by atoms with Crippen molar-refractivity contribution in [3.05, 3.63) is 47.1 Å². The lowest BCUT2D eigenvalue weighted by Crippen LogP contribution is -2.25. The number of carbonyl (C=O) groups is 1. The van der Waals surface area contributed by atoms with Crippen LogP contribution in [0, 0.1) is 6.92 Å². The van der Waals surface area contributed by atoms with E-state index in [1.165, 1.54) is 17.7 Å². The first-order valence-corrected chi connectivity index (χ1v) is 7.60. The van der Waals surface area contributed by atoms with Crippen molar-refractivity contribution in [2.45, 2.75) is 13.5 Å². The van der Waals surface area contributed by atoms with Crippen LogP contribution in [-0.2, 0) is 6.54 Å². The zero-order valence-electron chi connectivity index (χ0n) is 12.2. The summed E-state index contributed by atoms with van der Waals surface area (Å²) in [6, 6.07) is 3.29. The van der Waals surface area contributed by atoms with E-state index in [9.17, 15) is 4.79 Å². The molecular formula is C14H13N7OS. The highest BCUT2D eigenvalue weighted by molar-refractivity contribution is 7.13. The molecule has 3 N–H and O–H groups in total. The fourth-order valence-electron chi connectivity index (χ4n) is 1.85. The van der Waals surface area contributed by atoms with Crippen LogP contribution >= 0.6 is 11.3 Å². The molecule has 0 unspecified atom stereocenters. The van der Waals surface area contributed by atoms with Gasteiger partial charge in [0.15, 0.2) is 0 Å². The number of anilines is 1. The number of rotatable bonds is 4. The molecule has 8 nitrogen and oxygen atoms in total. The molecule has 0 aliphatic carbocycles. The Morgan fingerprint density at radius 2 is 2.22 bits per heavy atom. The lowest BCUT2D eigenvalue weighted by Gasteiger charge is -2.06. The number of thiazole rings is 1. The van der Waals surface area contributed by atoms with Crippen molar-refractivity contribution in [2.75, 3.05) is 5.73 Å². The third kappa shape index (κ3) is 3.64. The summed E-state index contributed by atoms with van der Waals surface area (Å²) >= 11 is 1.44. The molecule has 0 spiro atoms. The third-order valence-electron chi connectivity index (χ3n) is 2.89. The molecule has 0 saturated heterocycles. The van der Waals surface area contributed by atoms with E-state index in [1.54, 1.807) is 18.3 Å². The van der Waals surface area contributed by atoms with Gasteiger partial charge in [-0.15, -0.1) is 11.3 Å². The van der Waals surface area contributed by atoms with Gasteiger partial charge < -0.3 is 11.1 Å². The Labute approximate surface area is 135 Å². The molecular weight excluding hydrogens is 314 g/mol. The standard InChI is InChI=1S/C14H13N7OS/c1-8-6-23-13(19-8)11-4-10(20-14(15)21-11)12(22)17-5-9-2-3-16-7-18-9/h2-4,6-7H,5H2,1H3,(H,17,22)(H2,15,20,21). The van der Waals surface area contributed by atoms with Gasteiger partial charge in [0.25, 0.3) is 5.91 Å². The van der Waals surface area contributed by atoms with E-state index in [0.29, 0.717) is 16.4 Å². The molecule has 0 bridgehead atoms. The summed E-state index contributed by atoms with van der Waals surface area (Å²) in [5.41, 5.74) is 8.01. The summed E-state index contributed by atoms with van der Waals surface area (Å²) in [6.45, 7) is 2.16. The Bertz CT molecular complexity index is 834. The first kappa shape index (κ1) is 15.0. The van der Waals surface area contributed by atoms with Gasteiger partial charge >= 0.3 is 0 Å². The van der Waals surface area contributed by atoms with Crippen LogP contribution in [0.5, 0.6) is 0 Å². The number of nitrogen functional groups attached to an aromatic ring is 1. The second-order valence-electron chi connectivity index (χ2n) is 4.67. The largest absolute Gasteiger partial charge is 0.368 e. The highest BCUT2D eigenvalue weighted by Gasteiger charge is 2.13. The molecule has 23 heavy (non-hydrogen) atoms. The molecule has 0 aliphatic heterocycles. The van der Waals surface area contributed by atoms with E-state index in [4.69, 9.17) is 5.73 Å². The van der Waals surface area contributed by atoms with Gasteiger partial charge in [-0.3, -0.25) is 4.79 Å². The van der Waals surface area contributed by atoms with Crippen molar-refractivity contribution < 1.29 is 4.79 Å². The summed E-state index contributed by atoms with van der Waals surface area (Å²) in [5.74, 6) is -0.324. The first-order valence-electron chi connectivity index (χ1n) is 6.72. The molecule has 0 aliphatic rings. The quantitative estimate of drug-likeness (QED) is 0.739. The van der Waals surface area contributed by atoms with Crippen molar-refractivity contribution in [2.24, 2.45) is 0 Å². The first-order chi connectivity index (χ1) is 11.1. The van der Waals surface area contributed by atoms with Crippen molar-refractivity contribution in [1.29, 1.82) is 0 Å². The number of carbonyl (C=O) groups excluding carboxylic acids is 1. The zero-order chi connectivity index (χ0) is 16.2. The summed E-state index contributed by atoms with van der Waals surface area (Å²) in [7, 11) is 0. The van der Waals surface area contributed by atoms with Gasteiger partial charge in [-0.1, -0.05) is 0 Å². The predicted octanol–water partition coefficient (Wildman–Crippen LogP) is 1.21. The fraction of sp³-hybridized carbons (Fsp3) is 0.143. The molecule has 0 aromatic carbocycles. The zero-order valence-corrected chi connectivity index (χ0v) is 13.0. The summed E-state index contributed by atoms with van der Waals surface area (Å²) < 4.78 is 0. The van der Waals surface area contributed by atoms with Crippen molar-refractivity contribution in [3.8, 4) is 10.7 Å². The molecule has 3 rings (SSSR count). The molecule has 0 radical (unpaired) electrons. The lowest BCUT2D eigenvalue weighted by atomic mass is 10.3. The summed E-state index contributed by atoms with van der Waals surface area (Å²) in [6.07, 6.45) is 3.03. The van der Waals surface area contributed by atoms with E-state index in [0.717, 1.165) is 5.69 Å². The molecule has 9 heteroatoms. The minimum absolute atomic E-state index is 0.0301. The van der Waals surface area contributed by atoms with Gasteiger partial charge in [-0.2, -0.15) is 0 Å². The van der Waals surface area contributed by atoms with Crippen LogP contribution in [-0.4, -0.2) is 30.8 Å². The van der Waals surface area contributed by atoms with Gasteiger partial charge in [-0.05, 0) is 19.1 Å². The van der Waals surface area contributed by atoms with E-state index in [1.807, 2.05) is 12.3 Å². The monoisotopic (exact) mass is 327 g/mol. The topological polar surface area (TPSA) is 120 Å². The van der Waals surface area contributed by atoms with Crippen LogP contribution < -0.4 is 11.1 Å². The number of hydrogen-bond acceptors (Lipinski definition) is 8. The molecule has 116 valence electrons. The van der Waals surface area contributed by atoms with Crippen LogP contribution in [0.1, 0.15) is 21.9 Å². The maximum atomic E-state index is 12.2. The molecule has 3 aromatic rings. The van der Waals surface area contributed by atoms with Crippen LogP contribution in [0.2, 0.25) is 0 Å². The number of nitrogens with zero attached hydrogens (tertiary/aromatic N) is 5. The van der Waals surface area contributed by atoms with Gasteiger partial charge in [-0.25, -0.2) is 24.9 Å². The minimum Gasteiger partial charge on any atom is -0.368 e. The van der Waals surface area contributed by atoms with E-state index in [2.05, 4.69) is 30.2 Å². The number of amides is 1. The van der Waals surface area contributed by atoms with Crippen molar-refractivity contribution in [3.63, 3.8) is 0 Å². The predicted molar refractivity (Wildman–Crippen MR) is 85.5 cm³/mol. The number of hydrogen-bond donors (Lipinski definition) is 2.